The van der Waals surface area contributed by atoms with Crippen LogP contribution in [0.2, 0.25) is 0 Å². The van der Waals surface area contributed by atoms with E-state index in [2.05, 4.69) is 32.6 Å². The van der Waals surface area contributed by atoms with E-state index in [1.54, 1.807) is 0 Å². The standard InChI is InChI=1S/C14H8N3.C10H14N2.Ir/c1-3-11-10-5-7-15-9-13(10)17-8-2-4-12(17)14(11)16-6-1;1-4-6-10(5-2)12-8-7-11(3)9-12;/h1-3,5-9H;4,6-9H,1-3H3;/q-1;-2;+3/b;6-4-;. The van der Waals surface area contributed by atoms with E-state index in [-0.39, 0.29) is 20.1 Å². The number of fused-ring (bicyclic) bond motifs is 6. The van der Waals surface area contributed by atoms with E-state index < -0.39 is 0 Å². The topological polar surface area (TPSA) is 36.7 Å². The van der Waals surface area contributed by atoms with Crippen LogP contribution in [0.25, 0.3) is 27.3 Å². The van der Waals surface area contributed by atoms with Crippen LogP contribution >= 0.6 is 0 Å². The van der Waals surface area contributed by atoms with Gasteiger partial charge in [0.05, 0.1) is 11.7 Å². The smallest absolute Gasteiger partial charge is 0.510 e. The Morgan fingerprint density at radius 1 is 1.20 bits per heavy atom. The first-order valence-electron chi connectivity index (χ1n) is 9.43. The van der Waals surface area contributed by atoms with Crippen LogP contribution in [0.1, 0.15) is 13.8 Å². The maximum absolute atomic E-state index is 4.46. The molecule has 0 amide bonds. The summed E-state index contributed by atoms with van der Waals surface area (Å²) in [6.07, 6.45) is 18.7. The van der Waals surface area contributed by atoms with E-state index in [9.17, 15) is 0 Å². The number of allylic oxidation sites excluding steroid dienone is 3. The van der Waals surface area contributed by atoms with Crippen molar-refractivity contribution in [3.8, 4) is 0 Å². The molecule has 0 N–H and O–H groups in total. The summed E-state index contributed by atoms with van der Waals surface area (Å²) in [6, 6.07) is 11.2. The Kier molecular flexibility index (Phi) is 7.03. The fourth-order valence-electron chi connectivity index (χ4n) is 3.38. The summed E-state index contributed by atoms with van der Waals surface area (Å²) in [5.74, 6) is 0. The van der Waals surface area contributed by atoms with Crippen molar-refractivity contribution in [1.82, 2.24) is 24.2 Å². The molecule has 0 spiro atoms. The first-order valence-corrected chi connectivity index (χ1v) is 9.43. The second kappa shape index (κ2) is 9.70. The Labute approximate surface area is 190 Å². The molecule has 1 aliphatic rings. The van der Waals surface area contributed by atoms with Crippen LogP contribution in [0, 0.1) is 18.8 Å². The molecule has 0 bridgehead atoms. The maximum Gasteiger partial charge on any atom is 3.00 e. The SMILES string of the molecule is C[C-]=C(/C=C\C)N1C=CN(C)[CH-]1.[Ir+3].[c-]1ccn2c1c1ncccc1c1ccncc12. The third-order valence-electron chi connectivity index (χ3n) is 4.69. The second-order valence-electron chi connectivity index (χ2n) is 6.59. The van der Waals surface area contributed by atoms with Crippen molar-refractivity contribution in [3.63, 3.8) is 0 Å². The molecular weight excluding hydrogens is 551 g/mol. The van der Waals surface area contributed by atoms with E-state index in [0.29, 0.717) is 0 Å². The number of rotatable bonds is 2. The predicted molar refractivity (Wildman–Crippen MR) is 117 cm³/mol. The monoisotopic (exact) mass is 573 g/mol. The van der Waals surface area contributed by atoms with Gasteiger partial charge in [0.15, 0.2) is 0 Å². The van der Waals surface area contributed by atoms with E-state index in [4.69, 9.17) is 0 Å². The molecular formula is C24H22IrN5. The number of aromatic nitrogens is 3. The molecule has 5 heterocycles. The zero-order valence-electron chi connectivity index (χ0n) is 17.1. The fourth-order valence-corrected chi connectivity index (χ4v) is 3.38. The normalized spacial score (nSPS) is 13.9. The fraction of sp³-hybridized carbons (Fsp3) is 0.125. The first-order chi connectivity index (χ1) is 14.2. The molecule has 0 saturated carbocycles. The van der Waals surface area contributed by atoms with Crippen molar-refractivity contribution < 1.29 is 20.1 Å². The van der Waals surface area contributed by atoms with Gasteiger partial charge in [-0.05, 0) is 47.9 Å². The Morgan fingerprint density at radius 2 is 2.07 bits per heavy atom. The van der Waals surface area contributed by atoms with Crippen LogP contribution in [-0.4, -0.2) is 31.2 Å². The molecule has 5 nitrogen and oxygen atoms in total. The van der Waals surface area contributed by atoms with Gasteiger partial charge < -0.3 is 19.2 Å². The van der Waals surface area contributed by atoms with Crippen molar-refractivity contribution in [1.29, 1.82) is 0 Å². The molecule has 0 radical (unpaired) electrons. The molecule has 6 heteroatoms. The van der Waals surface area contributed by atoms with E-state index in [0.717, 1.165) is 27.6 Å². The third-order valence-corrected chi connectivity index (χ3v) is 4.69. The largest absolute Gasteiger partial charge is 3.00 e. The summed E-state index contributed by atoms with van der Waals surface area (Å²) in [5, 5.41) is 2.31. The van der Waals surface area contributed by atoms with E-state index in [1.165, 1.54) is 5.39 Å². The third kappa shape index (κ3) is 4.16. The Hall–Kier alpha value is -2.95. The van der Waals surface area contributed by atoms with Gasteiger partial charge in [-0.15, -0.1) is 6.92 Å². The molecule has 30 heavy (non-hydrogen) atoms. The molecule has 0 aromatic carbocycles. The van der Waals surface area contributed by atoms with Crippen molar-refractivity contribution in [2.75, 3.05) is 7.05 Å². The summed E-state index contributed by atoms with van der Waals surface area (Å²) in [7, 11) is 2.00. The number of pyridine rings is 3. The molecule has 0 unspecified atom stereocenters. The van der Waals surface area contributed by atoms with Gasteiger partial charge in [0.2, 0.25) is 0 Å². The van der Waals surface area contributed by atoms with Gasteiger partial charge in [0, 0.05) is 12.4 Å². The zero-order chi connectivity index (χ0) is 20.2. The molecule has 152 valence electrons. The molecule has 0 fully saturated rings. The first kappa shape index (κ1) is 21.8. The number of hydrogen-bond donors (Lipinski definition) is 0. The second-order valence-corrected chi connectivity index (χ2v) is 6.59. The number of hydrogen-bond acceptors (Lipinski definition) is 4. The van der Waals surface area contributed by atoms with Crippen LogP contribution in [0.15, 0.2) is 79.3 Å². The average molecular weight is 573 g/mol. The van der Waals surface area contributed by atoms with Crippen molar-refractivity contribution in [2.24, 2.45) is 0 Å². The van der Waals surface area contributed by atoms with Gasteiger partial charge in [-0.25, -0.2) is 0 Å². The van der Waals surface area contributed by atoms with E-state index in [1.807, 2.05) is 105 Å². The van der Waals surface area contributed by atoms with Crippen molar-refractivity contribution in [3.05, 3.63) is 98.1 Å². The Morgan fingerprint density at radius 3 is 2.80 bits per heavy atom. The summed E-state index contributed by atoms with van der Waals surface area (Å²) in [4.78, 5) is 12.7. The van der Waals surface area contributed by atoms with Gasteiger partial charge in [-0.3, -0.25) is 11.1 Å². The van der Waals surface area contributed by atoms with Crippen LogP contribution in [0.5, 0.6) is 0 Å². The van der Waals surface area contributed by atoms with E-state index >= 15 is 0 Å². The molecule has 4 aromatic heterocycles. The molecule has 5 rings (SSSR count). The average Bonchev–Trinajstić information content (AvgIpc) is 3.42. The quantitative estimate of drug-likeness (QED) is 0.194. The Balaban J connectivity index is 0.000000176. The number of nitrogens with zero attached hydrogens (tertiary/aromatic N) is 5. The van der Waals surface area contributed by atoms with Crippen LogP contribution in [0.3, 0.4) is 0 Å². The predicted octanol–water partition coefficient (Wildman–Crippen LogP) is 4.94. The van der Waals surface area contributed by atoms with Crippen LogP contribution < -0.4 is 0 Å². The van der Waals surface area contributed by atoms with Crippen LogP contribution in [0.4, 0.5) is 0 Å². The maximum atomic E-state index is 4.46. The summed E-state index contributed by atoms with van der Waals surface area (Å²) >= 11 is 0. The molecule has 1 aliphatic heterocycles. The van der Waals surface area contributed by atoms with Gasteiger partial charge in [0.25, 0.3) is 0 Å². The summed E-state index contributed by atoms with van der Waals surface area (Å²) in [6.45, 7) is 5.92. The van der Waals surface area contributed by atoms with Gasteiger partial charge in [-0.1, -0.05) is 24.7 Å². The molecule has 4 aromatic rings. The molecule has 0 atom stereocenters. The van der Waals surface area contributed by atoms with Crippen LogP contribution in [-0.2, 0) is 20.1 Å². The van der Waals surface area contributed by atoms with Crippen molar-refractivity contribution >= 4 is 27.3 Å². The molecule has 0 saturated heterocycles. The van der Waals surface area contributed by atoms with Gasteiger partial charge in [-0.2, -0.15) is 36.7 Å². The van der Waals surface area contributed by atoms with Gasteiger partial charge in [0.1, 0.15) is 0 Å². The summed E-state index contributed by atoms with van der Waals surface area (Å²) in [5.41, 5.74) is 4.14. The molecule has 0 aliphatic carbocycles. The minimum Gasteiger partial charge on any atom is -0.510 e. The Bertz CT molecular complexity index is 1170. The van der Waals surface area contributed by atoms with Gasteiger partial charge >= 0.3 is 20.1 Å². The van der Waals surface area contributed by atoms with Crippen molar-refractivity contribution in [2.45, 2.75) is 13.8 Å². The minimum atomic E-state index is 0. The zero-order valence-corrected chi connectivity index (χ0v) is 19.5. The minimum absolute atomic E-state index is 0. The summed E-state index contributed by atoms with van der Waals surface area (Å²) < 4.78 is 2.08.